The van der Waals surface area contributed by atoms with Crippen LogP contribution in [0.4, 0.5) is 17.1 Å². The fourth-order valence-corrected chi connectivity index (χ4v) is 12.2. The van der Waals surface area contributed by atoms with Crippen molar-refractivity contribution in [3.05, 3.63) is 129 Å². The molecule has 17 heteroatoms. The standard InChI is InChI=1S/C51H65ClN8O5S2.ClH/c1-51(38-58-28-23-53-24-29-58)22-20-47(39-10-14-42(52)15-11-39)41(35-51)36-57-30-32-59(33-31-57)44-16-12-40(13-17-44)50(61)55-67(64,65)46-18-19-48(49(34-46)60(62)63)54-43(21-27-56-25-6-3-7-26-56)37-66-45-8-4-2-5-9-45;/h2,4-5,8-19,34,43,53-54H,3,6-7,20-33,35-38H2,1H3,(H,55,61);1H. The summed E-state index contributed by atoms with van der Waals surface area (Å²) in [4.78, 5) is 35.9. The van der Waals surface area contributed by atoms with E-state index in [1.165, 1.54) is 48.1 Å². The van der Waals surface area contributed by atoms with E-state index in [1.807, 2.05) is 54.6 Å². The molecule has 4 aromatic rings. The number of nitrogens with zero attached hydrogens (tertiary/aromatic N) is 5. The molecule has 3 fully saturated rings. The number of nitro groups is 1. The Kier molecular flexibility index (Phi) is 18.3. The third-order valence-electron chi connectivity index (χ3n) is 13.8. The molecule has 0 spiro atoms. The van der Waals surface area contributed by atoms with Crippen LogP contribution >= 0.6 is 35.8 Å². The van der Waals surface area contributed by atoms with Crippen molar-refractivity contribution in [1.82, 2.24) is 24.7 Å². The second-order valence-electron chi connectivity index (χ2n) is 18.9. The zero-order chi connectivity index (χ0) is 46.8. The number of nitro benzene ring substituents is 1. The van der Waals surface area contributed by atoms with E-state index in [9.17, 15) is 23.3 Å². The minimum absolute atomic E-state index is 0. The summed E-state index contributed by atoms with van der Waals surface area (Å²) in [5.41, 5.74) is 5.46. The lowest BCUT2D eigenvalue weighted by molar-refractivity contribution is -0.384. The molecule has 2 unspecified atom stereocenters. The number of sulfonamides is 1. The number of likely N-dealkylation sites (tertiary alicyclic amines) is 1. The first-order chi connectivity index (χ1) is 32.4. The number of thioether (sulfide) groups is 1. The predicted molar refractivity (Wildman–Crippen MR) is 279 cm³/mol. The Hall–Kier alpha value is -4.19. The Morgan fingerprint density at radius 3 is 2.26 bits per heavy atom. The molecule has 0 bridgehead atoms. The maximum Gasteiger partial charge on any atom is 0.293 e. The van der Waals surface area contributed by atoms with Gasteiger partial charge in [0, 0.05) is 111 Å². The summed E-state index contributed by atoms with van der Waals surface area (Å²) in [5, 5.41) is 20.0. The van der Waals surface area contributed by atoms with Crippen LogP contribution in [0.2, 0.25) is 5.02 Å². The van der Waals surface area contributed by atoms with Gasteiger partial charge in [0.05, 0.1) is 9.82 Å². The van der Waals surface area contributed by atoms with Crippen LogP contribution in [0.25, 0.3) is 5.57 Å². The molecule has 68 heavy (non-hydrogen) atoms. The quantitative estimate of drug-likeness (QED) is 0.0498. The lowest BCUT2D eigenvalue weighted by Crippen LogP contribution is -2.49. The van der Waals surface area contributed by atoms with Gasteiger partial charge in [-0.15, -0.1) is 24.2 Å². The number of halogens is 2. The number of benzene rings is 4. The molecule has 0 radical (unpaired) electrons. The number of allylic oxidation sites excluding steroid dienone is 1. The molecule has 4 aliphatic rings. The molecule has 3 N–H and O–H groups in total. The topological polar surface area (TPSA) is 143 Å². The SMILES string of the molecule is CC1(CN2CCNCC2)CCC(c2ccc(Cl)cc2)=C(CN2CCN(c3ccc(C(=O)NS(=O)(=O)c4ccc(NC(CCN5CCCCC5)CSc5ccccc5)c([N+](=O)[O-])c4)cc3)CC2)C1.Cl. The maximum atomic E-state index is 13.6. The largest absolute Gasteiger partial charge is 0.376 e. The average Bonchev–Trinajstić information content (AvgIpc) is 3.34. The van der Waals surface area contributed by atoms with E-state index < -0.39 is 20.9 Å². The second-order valence-corrected chi connectivity index (χ2v) is 22.2. The minimum Gasteiger partial charge on any atom is -0.376 e. The number of hydrogen-bond acceptors (Lipinski definition) is 12. The van der Waals surface area contributed by atoms with Gasteiger partial charge < -0.3 is 25.3 Å². The molecule has 366 valence electrons. The molecule has 3 heterocycles. The van der Waals surface area contributed by atoms with Crippen molar-refractivity contribution in [3.8, 4) is 0 Å². The molecule has 0 aromatic heterocycles. The van der Waals surface area contributed by atoms with Gasteiger partial charge in [-0.3, -0.25) is 19.8 Å². The summed E-state index contributed by atoms with van der Waals surface area (Å²) in [6, 6.07) is 29.0. The third-order valence-corrected chi connectivity index (χ3v) is 16.6. The number of carbonyl (C=O) groups is 1. The Bertz CT molecular complexity index is 2450. The first-order valence-corrected chi connectivity index (χ1v) is 26.7. The van der Waals surface area contributed by atoms with Crippen molar-refractivity contribution in [2.75, 3.05) is 101 Å². The van der Waals surface area contributed by atoms with Crippen molar-refractivity contribution in [3.63, 3.8) is 0 Å². The first-order valence-electron chi connectivity index (χ1n) is 23.9. The fourth-order valence-electron chi connectivity index (χ4n) is 10.1. The van der Waals surface area contributed by atoms with Crippen molar-refractivity contribution in [2.24, 2.45) is 5.41 Å². The summed E-state index contributed by atoms with van der Waals surface area (Å²) >= 11 is 7.97. The van der Waals surface area contributed by atoms with Crippen LogP contribution in [-0.2, 0) is 10.0 Å². The molecule has 3 aliphatic heterocycles. The number of amides is 1. The van der Waals surface area contributed by atoms with Gasteiger partial charge in [-0.2, -0.15) is 0 Å². The fraction of sp³-hybridized carbons (Fsp3) is 0.471. The zero-order valence-corrected chi connectivity index (χ0v) is 42.2. The summed E-state index contributed by atoms with van der Waals surface area (Å²) in [6.07, 6.45) is 7.63. The molecular formula is C51H66Cl2N8O5S2. The number of piperidine rings is 1. The molecular weight excluding hydrogens is 940 g/mol. The van der Waals surface area contributed by atoms with E-state index in [0.717, 1.165) is 132 Å². The Morgan fingerprint density at radius 1 is 0.868 bits per heavy atom. The summed E-state index contributed by atoms with van der Waals surface area (Å²) in [6.45, 7) is 15.2. The summed E-state index contributed by atoms with van der Waals surface area (Å²) < 4.78 is 29.3. The number of anilines is 2. The Morgan fingerprint density at radius 2 is 1.57 bits per heavy atom. The number of hydrogen-bond donors (Lipinski definition) is 3. The molecule has 0 saturated carbocycles. The minimum atomic E-state index is -4.44. The predicted octanol–water partition coefficient (Wildman–Crippen LogP) is 8.91. The molecule has 2 atom stereocenters. The van der Waals surface area contributed by atoms with Gasteiger partial charge in [0.1, 0.15) is 5.69 Å². The summed E-state index contributed by atoms with van der Waals surface area (Å²) in [7, 11) is -4.44. The molecule has 8 rings (SSSR count). The van der Waals surface area contributed by atoms with Crippen LogP contribution < -0.4 is 20.3 Å². The van der Waals surface area contributed by atoms with Crippen LogP contribution in [0.1, 0.15) is 67.8 Å². The molecule has 13 nitrogen and oxygen atoms in total. The lowest BCUT2D eigenvalue weighted by Gasteiger charge is -2.43. The number of nitrogens with one attached hydrogen (secondary N) is 3. The van der Waals surface area contributed by atoms with Gasteiger partial charge >= 0.3 is 0 Å². The van der Waals surface area contributed by atoms with Gasteiger partial charge in [-0.05, 0) is 129 Å². The van der Waals surface area contributed by atoms with Crippen LogP contribution in [0.5, 0.6) is 0 Å². The molecule has 1 aliphatic carbocycles. The molecule has 3 saturated heterocycles. The van der Waals surface area contributed by atoms with Crippen molar-refractivity contribution in [1.29, 1.82) is 0 Å². The van der Waals surface area contributed by atoms with Crippen LogP contribution in [0, 0.1) is 15.5 Å². The second kappa shape index (κ2) is 24.1. The zero-order valence-electron chi connectivity index (χ0n) is 39.0. The van der Waals surface area contributed by atoms with E-state index in [2.05, 4.69) is 54.0 Å². The highest BCUT2D eigenvalue weighted by atomic mass is 35.5. The van der Waals surface area contributed by atoms with E-state index >= 15 is 0 Å². The monoisotopic (exact) mass is 1000 g/mol. The first kappa shape index (κ1) is 51.7. The van der Waals surface area contributed by atoms with Crippen LogP contribution in [0.3, 0.4) is 0 Å². The maximum absolute atomic E-state index is 13.6. The van der Waals surface area contributed by atoms with Crippen molar-refractivity contribution in [2.45, 2.75) is 67.7 Å². The van der Waals surface area contributed by atoms with Crippen LogP contribution in [0.15, 0.2) is 112 Å². The number of carbonyl (C=O) groups excluding carboxylic acids is 1. The van der Waals surface area contributed by atoms with Gasteiger partial charge in [-0.25, -0.2) is 13.1 Å². The van der Waals surface area contributed by atoms with E-state index in [4.69, 9.17) is 11.6 Å². The smallest absolute Gasteiger partial charge is 0.293 e. The van der Waals surface area contributed by atoms with Crippen LogP contribution in [-0.4, -0.2) is 131 Å². The third kappa shape index (κ3) is 14.0. The average molecular weight is 1010 g/mol. The van der Waals surface area contributed by atoms with Gasteiger partial charge in [0.15, 0.2) is 0 Å². The van der Waals surface area contributed by atoms with Gasteiger partial charge in [0.2, 0.25) is 0 Å². The van der Waals surface area contributed by atoms with E-state index in [-0.39, 0.29) is 45.7 Å². The van der Waals surface area contributed by atoms with E-state index in [0.29, 0.717) is 5.75 Å². The van der Waals surface area contributed by atoms with Crippen molar-refractivity contribution < 1.29 is 18.1 Å². The van der Waals surface area contributed by atoms with Crippen molar-refractivity contribution >= 4 is 74.3 Å². The van der Waals surface area contributed by atoms with Gasteiger partial charge in [-0.1, -0.05) is 60.9 Å². The Labute approximate surface area is 418 Å². The molecule has 4 aromatic carbocycles. The highest BCUT2D eigenvalue weighted by molar-refractivity contribution is 7.99. The molecule has 1 amide bonds. The van der Waals surface area contributed by atoms with E-state index in [1.54, 1.807) is 23.9 Å². The normalized spacial score (nSPS) is 20.4. The number of piperazine rings is 2. The highest BCUT2D eigenvalue weighted by Crippen LogP contribution is 2.44. The Balaban J connectivity index is 0.00000684. The number of rotatable bonds is 18. The van der Waals surface area contributed by atoms with Gasteiger partial charge in [0.25, 0.3) is 21.6 Å². The highest BCUT2D eigenvalue weighted by Gasteiger charge is 2.35. The summed E-state index contributed by atoms with van der Waals surface area (Å²) in [5.74, 6) is -0.138. The lowest BCUT2D eigenvalue weighted by atomic mass is 9.71.